The molecule has 0 aliphatic heterocycles. The van der Waals surface area contributed by atoms with Gasteiger partial charge in [0.25, 0.3) is 0 Å². The third-order valence-electron chi connectivity index (χ3n) is 1.75. The normalized spacial score (nSPS) is 9.93. The molecular weight excluding hydrogens is 210 g/mol. The van der Waals surface area contributed by atoms with Crippen LogP contribution >= 0.6 is 11.8 Å². The first kappa shape index (κ1) is 11.9. The fourth-order valence-corrected chi connectivity index (χ4v) is 1.91. The highest BCUT2D eigenvalue weighted by atomic mass is 32.2. The van der Waals surface area contributed by atoms with Gasteiger partial charge in [0.1, 0.15) is 0 Å². The molecule has 82 valence electrons. The number of carbonyl (C=O) groups excluding carboxylic acids is 1. The van der Waals surface area contributed by atoms with E-state index in [1.807, 2.05) is 24.3 Å². The van der Waals surface area contributed by atoms with Crippen molar-refractivity contribution in [3.8, 4) is 0 Å². The van der Waals surface area contributed by atoms with Crippen molar-refractivity contribution in [3.63, 3.8) is 0 Å². The molecule has 0 fully saturated rings. The Balaban J connectivity index is 2.28. The first-order valence-corrected chi connectivity index (χ1v) is 5.95. The fourth-order valence-electron chi connectivity index (χ4n) is 1.14. The van der Waals surface area contributed by atoms with E-state index in [1.165, 1.54) is 11.8 Å². The molecule has 0 heterocycles. The molecule has 0 bridgehead atoms. The third kappa shape index (κ3) is 4.74. The maximum absolute atomic E-state index is 11.0. The van der Waals surface area contributed by atoms with Gasteiger partial charge >= 0.3 is 5.97 Å². The number of hydrogen-bond donors (Lipinski definition) is 1. The summed E-state index contributed by atoms with van der Waals surface area (Å²) in [6.45, 7) is 2.25. The fraction of sp³-hybridized carbons (Fsp3) is 0.364. The van der Waals surface area contributed by atoms with Crippen LogP contribution in [0.2, 0.25) is 0 Å². The number of esters is 1. The van der Waals surface area contributed by atoms with Gasteiger partial charge in [-0.15, -0.1) is 11.8 Å². The van der Waals surface area contributed by atoms with Gasteiger partial charge < -0.3 is 10.5 Å². The van der Waals surface area contributed by atoms with Crippen LogP contribution in [0.25, 0.3) is 0 Å². The van der Waals surface area contributed by atoms with E-state index in [-0.39, 0.29) is 5.97 Å². The van der Waals surface area contributed by atoms with E-state index in [1.54, 1.807) is 6.92 Å². The summed E-state index contributed by atoms with van der Waals surface area (Å²) in [5.41, 5.74) is 7.52. The molecule has 15 heavy (non-hydrogen) atoms. The molecule has 0 aromatic heterocycles. The largest absolute Gasteiger partial charge is 0.465 e. The van der Waals surface area contributed by atoms with E-state index in [2.05, 4.69) is 0 Å². The summed E-state index contributed by atoms with van der Waals surface area (Å²) in [5, 5.41) is 0. The first-order valence-electron chi connectivity index (χ1n) is 4.80. The SMILES string of the molecule is CCOC(=O)CSCc1cccc(N)c1. The topological polar surface area (TPSA) is 52.3 Å². The van der Waals surface area contributed by atoms with Crippen molar-refractivity contribution in [2.24, 2.45) is 0 Å². The molecule has 0 aliphatic carbocycles. The summed E-state index contributed by atoms with van der Waals surface area (Å²) >= 11 is 1.53. The monoisotopic (exact) mass is 225 g/mol. The van der Waals surface area contributed by atoms with Crippen LogP contribution in [0.5, 0.6) is 0 Å². The lowest BCUT2D eigenvalue weighted by atomic mass is 10.2. The van der Waals surface area contributed by atoms with E-state index in [9.17, 15) is 4.79 Å². The average molecular weight is 225 g/mol. The first-order chi connectivity index (χ1) is 7.22. The van der Waals surface area contributed by atoms with Crippen LogP contribution in [0, 0.1) is 0 Å². The standard InChI is InChI=1S/C11H15NO2S/c1-2-14-11(13)8-15-7-9-4-3-5-10(12)6-9/h3-6H,2,7-8,12H2,1H3. The zero-order valence-electron chi connectivity index (χ0n) is 8.73. The summed E-state index contributed by atoms with van der Waals surface area (Å²) in [6, 6.07) is 7.67. The van der Waals surface area contributed by atoms with E-state index in [0.717, 1.165) is 17.0 Å². The lowest BCUT2D eigenvalue weighted by molar-refractivity contribution is -0.139. The molecule has 4 heteroatoms. The van der Waals surface area contributed by atoms with Crippen molar-refractivity contribution < 1.29 is 9.53 Å². The Labute approximate surface area is 94.0 Å². The molecule has 3 nitrogen and oxygen atoms in total. The Kier molecular flexibility index (Phi) is 5.04. The minimum Gasteiger partial charge on any atom is -0.465 e. The predicted octanol–water partition coefficient (Wildman–Crippen LogP) is 2.07. The van der Waals surface area contributed by atoms with Crippen molar-refractivity contribution >= 4 is 23.4 Å². The molecule has 1 aromatic carbocycles. The second-order valence-corrected chi connectivity index (χ2v) is 4.03. The molecule has 0 spiro atoms. The average Bonchev–Trinajstić information content (AvgIpc) is 2.18. The minimum atomic E-state index is -0.161. The molecule has 0 saturated carbocycles. The maximum atomic E-state index is 11.0. The number of nitrogen functional groups attached to an aromatic ring is 1. The van der Waals surface area contributed by atoms with Gasteiger partial charge in [-0.2, -0.15) is 0 Å². The molecule has 0 unspecified atom stereocenters. The van der Waals surface area contributed by atoms with Crippen molar-refractivity contribution in [2.45, 2.75) is 12.7 Å². The molecule has 1 rings (SSSR count). The Morgan fingerprint density at radius 1 is 1.53 bits per heavy atom. The van der Waals surface area contributed by atoms with Gasteiger partial charge in [-0.05, 0) is 24.6 Å². The van der Waals surface area contributed by atoms with Crippen LogP contribution in [0.4, 0.5) is 5.69 Å². The van der Waals surface area contributed by atoms with Gasteiger partial charge in [0, 0.05) is 11.4 Å². The van der Waals surface area contributed by atoms with Crippen LogP contribution in [-0.2, 0) is 15.3 Å². The summed E-state index contributed by atoms with van der Waals surface area (Å²) in [6.07, 6.45) is 0. The number of nitrogens with two attached hydrogens (primary N) is 1. The Bertz CT molecular complexity index is 328. The number of benzene rings is 1. The Hall–Kier alpha value is -1.16. The number of thioether (sulfide) groups is 1. The highest BCUT2D eigenvalue weighted by Crippen LogP contribution is 2.14. The molecule has 0 aliphatic rings. The number of ether oxygens (including phenoxy) is 1. The van der Waals surface area contributed by atoms with Crippen LogP contribution in [-0.4, -0.2) is 18.3 Å². The van der Waals surface area contributed by atoms with E-state index >= 15 is 0 Å². The van der Waals surface area contributed by atoms with Gasteiger partial charge in [0.2, 0.25) is 0 Å². The van der Waals surface area contributed by atoms with E-state index in [4.69, 9.17) is 10.5 Å². The molecule has 2 N–H and O–H groups in total. The van der Waals surface area contributed by atoms with Crippen LogP contribution in [0.3, 0.4) is 0 Å². The summed E-state index contributed by atoms with van der Waals surface area (Å²) in [4.78, 5) is 11.0. The predicted molar refractivity (Wildman–Crippen MR) is 63.6 cm³/mol. The maximum Gasteiger partial charge on any atom is 0.315 e. The quantitative estimate of drug-likeness (QED) is 0.615. The van der Waals surface area contributed by atoms with Gasteiger partial charge in [0.15, 0.2) is 0 Å². The summed E-state index contributed by atoms with van der Waals surface area (Å²) in [5.74, 6) is 1.01. The number of hydrogen-bond acceptors (Lipinski definition) is 4. The van der Waals surface area contributed by atoms with Crippen LogP contribution in [0.1, 0.15) is 12.5 Å². The summed E-state index contributed by atoms with van der Waals surface area (Å²) < 4.78 is 4.82. The second-order valence-electron chi connectivity index (χ2n) is 3.04. The van der Waals surface area contributed by atoms with Crippen molar-refractivity contribution in [2.75, 3.05) is 18.1 Å². The zero-order valence-corrected chi connectivity index (χ0v) is 9.55. The lowest BCUT2D eigenvalue weighted by Crippen LogP contribution is -2.06. The Morgan fingerprint density at radius 2 is 2.33 bits per heavy atom. The molecule has 0 amide bonds. The molecule has 0 atom stereocenters. The highest BCUT2D eigenvalue weighted by Gasteiger charge is 2.01. The minimum absolute atomic E-state index is 0.161. The zero-order chi connectivity index (χ0) is 11.1. The molecule has 0 radical (unpaired) electrons. The Morgan fingerprint density at radius 3 is 3.00 bits per heavy atom. The van der Waals surface area contributed by atoms with Crippen molar-refractivity contribution in [1.29, 1.82) is 0 Å². The van der Waals surface area contributed by atoms with Gasteiger partial charge in [0.05, 0.1) is 12.4 Å². The van der Waals surface area contributed by atoms with Crippen molar-refractivity contribution in [1.82, 2.24) is 0 Å². The van der Waals surface area contributed by atoms with E-state index in [0.29, 0.717) is 12.4 Å². The third-order valence-corrected chi connectivity index (χ3v) is 2.72. The number of anilines is 1. The van der Waals surface area contributed by atoms with Gasteiger partial charge in [-0.3, -0.25) is 4.79 Å². The summed E-state index contributed by atoms with van der Waals surface area (Å²) in [7, 11) is 0. The van der Waals surface area contributed by atoms with E-state index < -0.39 is 0 Å². The van der Waals surface area contributed by atoms with Crippen LogP contribution < -0.4 is 5.73 Å². The second kappa shape index (κ2) is 6.35. The van der Waals surface area contributed by atoms with Gasteiger partial charge in [-0.1, -0.05) is 12.1 Å². The highest BCUT2D eigenvalue weighted by molar-refractivity contribution is 7.99. The van der Waals surface area contributed by atoms with Crippen molar-refractivity contribution in [3.05, 3.63) is 29.8 Å². The van der Waals surface area contributed by atoms with Crippen LogP contribution in [0.15, 0.2) is 24.3 Å². The molecule has 0 saturated heterocycles. The molecular formula is C11H15NO2S. The number of carbonyl (C=O) groups is 1. The smallest absolute Gasteiger partial charge is 0.315 e. The molecule has 1 aromatic rings. The lowest BCUT2D eigenvalue weighted by Gasteiger charge is -2.03. The number of rotatable bonds is 5. The van der Waals surface area contributed by atoms with Gasteiger partial charge in [-0.25, -0.2) is 0 Å².